The molecular weight excluding hydrogens is 395 g/mol. The molecule has 0 heterocycles. The highest BCUT2D eigenvalue weighted by Gasteiger charge is 2.30. The van der Waals surface area contributed by atoms with E-state index in [1.165, 1.54) is 0 Å². The number of para-hydroxylation sites is 1. The summed E-state index contributed by atoms with van der Waals surface area (Å²) in [6.45, 7) is -0.391. The summed E-state index contributed by atoms with van der Waals surface area (Å²) < 4.78 is 49.1. The number of rotatable bonds is 7. The molecule has 0 amide bonds. The van der Waals surface area contributed by atoms with Crippen LogP contribution in [0.5, 0.6) is 17.2 Å². The van der Waals surface area contributed by atoms with Crippen molar-refractivity contribution < 1.29 is 27.4 Å². The van der Waals surface area contributed by atoms with Crippen molar-refractivity contribution in [1.29, 1.82) is 5.26 Å². The minimum Gasteiger partial charge on any atom is -0.486 e. The number of ether oxygens (including phenoxy) is 2. The van der Waals surface area contributed by atoms with Crippen LogP contribution < -0.4 is 9.47 Å². The minimum atomic E-state index is -4.48. The van der Waals surface area contributed by atoms with E-state index in [-0.39, 0.29) is 5.56 Å². The Hall–Kier alpha value is -3.79. The van der Waals surface area contributed by atoms with Gasteiger partial charge in [0.15, 0.2) is 5.78 Å². The summed E-state index contributed by atoms with van der Waals surface area (Å²) in [5.74, 6) is -0.114. The summed E-state index contributed by atoms with van der Waals surface area (Å²) in [6.07, 6.45) is -4.48. The van der Waals surface area contributed by atoms with Gasteiger partial charge in [-0.25, -0.2) is 0 Å². The Kier molecular flexibility index (Phi) is 6.38. The average Bonchev–Trinajstić information content (AvgIpc) is 2.74. The van der Waals surface area contributed by atoms with Gasteiger partial charge in [-0.05, 0) is 54.1 Å². The highest BCUT2D eigenvalue weighted by molar-refractivity contribution is 5.89. The summed E-state index contributed by atoms with van der Waals surface area (Å²) in [7, 11) is 0. The van der Waals surface area contributed by atoms with Crippen molar-refractivity contribution in [1.82, 2.24) is 0 Å². The SMILES string of the molecule is N#CC(C(=O)COc1ccc(Oc2ccccc2)cc1)c1ccc(C(F)(F)F)cc1. The number of ketones is 1. The standard InChI is InChI=1S/C23H16F3NO3/c24-23(25,26)17-8-6-16(7-9-17)21(14-27)22(28)15-29-18-10-12-20(13-11-18)30-19-4-2-1-3-5-19/h1-13,21H,15H2. The van der Waals surface area contributed by atoms with Gasteiger partial charge in [0.25, 0.3) is 0 Å². The first-order valence-corrected chi connectivity index (χ1v) is 8.92. The smallest absolute Gasteiger partial charge is 0.416 e. The van der Waals surface area contributed by atoms with Crippen molar-refractivity contribution >= 4 is 5.78 Å². The van der Waals surface area contributed by atoms with Crippen molar-refractivity contribution in [3.05, 3.63) is 90.0 Å². The average molecular weight is 411 g/mol. The molecule has 1 atom stereocenters. The van der Waals surface area contributed by atoms with Crippen molar-refractivity contribution in [2.24, 2.45) is 0 Å². The fourth-order valence-corrected chi connectivity index (χ4v) is 2.66. The summed E-state index contributed by atoms with van der Waals surface area (Å²) in [6, 6.07) is 21.5. The molecule has 0 aliphatic rings. The lowest BCUT2D eigenvalue weighted by Crippen LogP contribution is -2.19. The Morgan fingerprint density at radius 2 is 1.43 bits per heavy atom. The number of carbonyl (C=O) groups is 1. The maximum Gasteiger partial charge on any atom is 0.416 e. The number of hydrogen-bond donors (Lipinski definition) is 0. The molecule has 4 nitrogen and oxygen atoms in total. The molecule has 0 N–H and O–H groups in total. The molecule has 0 fully saturated rings. The van der Waals surface area contributed by atoms with Crippen LogP contribution >= 0.6 is 0 Å². The van der Waals surface area contributed by atoms with Crippen LogP contribution in [0.1, 0.15) is 17.0 Å². The van der Waals surface area contributed by atoms with Gasteiger partial charge in [0.1, 0.15) is 29.8 Å². The summed E-state index contributed by atoms with van der Waals surface area (Å²) in [5, 5.41) is 9.29. The van der Waals surface area contributed by atoms with Gasteiger partial charge in [-0.15, -0.1) is 0 Å². The predicted octanol–water partition coefficient (Wildman–Crippen LogP) is 5.75. The first-order chi connectivity index (χ1) is 14.4. The third-order valence-corrected chi connectivity index (χ3v) is 4.21. The van der Waals surface area contributed by atoms with Gasteiger partial charge in [0.05, 0.1) is 11.6 Å². The Bertz CT molecular complexity index is 1020. The highest BCUT2D eigenvalue weighted by atomic mass is 19.4. The Morgan fingerprint density at radius 3 is 2.00 bits per heavy atom. The molecule has 0 radical (unpaired) electrons. The molecule has 0 saturated carbocycles. The van der Waals surface area contributed by atoms with Crippen molar-refractivity contribution in [3.8, 4) is 23.3 Å². The number of nitrogens with zero attached hydrogens (tertiary/aromatic N) is 1. The number of carbonyl (C=O) groups excluding carboxylic acids is 1. The van der Waals surface area contributed by atoms with Crippen LogP contribution in [-0.4, -0.2) is 12.4 Å². The summed E-state index contributed by atoms with van der Waals surface area (Å²) in [5.41, 5.74) is -0.657. The molecule has 3 rings (SSSR count). The van der Waals surface area contributed by atoms with Crippen LogP contribution in [0.2, 0.25) is 0 Å². The van der Waals surface area contributed by atoms with Crippen LogP contribution in [0.15, 0.2) is 78.9 Å². The fraction of sp³-hybridized carbons (Fsp3) is 0.130. The van der Waals surface area contributed by atoms with E-state index >= 15 is 0 Å². The molecule has 0 saturated heterocycles. The second-order valence-corrected chi connectivity index (χ2v) is 6.32. The van der Waals surface area contributed by atoms with E-state index in [1.807, 2.05) is 36.4 Å². The second-order valence-electron chi connectivity index (χ2n) is 6.32. The van der Waals surface area contributed by atoms with Crippen LogP contribution in [0.3, 0.4) is 0 Å². The predicted molar refractivity (Wildman–Crippen MR) is 103 cm³/mol. The number of halogens is 3. The second kappa shape index (κ2) is 9.14. The molecule has 3 aromatic rings. The zero-order valence-electron chi connectivity index (χ0n) is 15.6. The van der Waals surface area contributed by atoms with Gasteiger partial charge in [-0.2, -0.15) is 18.4 Å². The van der Waals surface area contributed by atoms with E-state index in [9.17, 15) is 23.2 Å². The summed E-state index contributed by atoms with van der Waals surface area (Å²) >= 11 is 0. The third-order valence-electron chi connectivity index (χ3n) is 4.21. The third kappa shape index (κ3) is 5.39. The lowest BCUT2D eigenvalue weighted by Gasteiger charge is -2.12. The van der Waals surface area contributed by atoms with Crippen molar-refractivity contribution in [2.45, 2.75) is 12.1 Å². The lowest BCUT2D eigenvalue weighted by molar-refractivity contribution is -0.137. The first-order valence-electron chi connectivity index (χ1n) is 8.92. The van der Waals surface area contributed by atoms with Crippen molar-refractivity contribution in [3.63, 3.8) is 0 Å². The van der Waals surface area contributed by atoms with Gasteiger partial charge in [-0.1, -0.05) is 30.3 Å². The van der Waals surface area contributed by atoms with Crippen LogP contribution in [0, 0.1) is 11.3 Å². The van der Waals surface area contributed by atoms with E-state index in [2.05, 4.69) is 0 Å². The van der Waals surface area contributed by atoms with E-state index < -0.39 is 30.0 Å². The molecule has 7 heteroatoms. The molecule has 0 bridgehead atoms. The van der Waals surface area contributed by atoms with Crippen LogP contribution in [0.25, 0.3) is 0 Å². The molecular formula is C23H16F3NO3. The van der Waals surface area contributed by atoms with Gasteiger partial charge < -0.3 is 9.47 Å². The molecule has 0 aliphatic heterocycles. The maximum atomic E-state index is 12.7. The van der Waals surface area contributed by atoms with E-state index in [4.69, 9.17) is 9.47 Å². The fourth-order valence-electron chi connectivity index (χ4n) is 2.66. The molecule has 152 valence electrons. The normalized spacial score (nSPS) is 11.9. The van der Waals surface area contributed by atoms with Gasteiger partial charge in [-0.3, -0.25) is 4.79 Å². The molecule has 0 aromatic heterocycles. The Balaban J connectivity index is 1.59. The first kappa shape index (κ1) is 20.9. The van der Waals surface area contributed by atoms with E-state index in [0.717, 1.165) is 24.3 Å². The Labute approximate surface area is 171 Å². The number of hydrogen-bond acceptors (Lipinski definition) is 4. The van der Waals surface area contributed by atoms with E-state index in [1.54, 1.807) is 24.3 Å². The van der Waals surface area contributed by atoms with Gasteiger partial charge >= 0.3 is 6.18 Å². The monoisotopic (exact) mass is 411 g/mol. The zero-order valence-corrected chi connectivity index (χ0v) is 15.6. The molecule has 3 aromatic carbocycles. The lowest BCUT2D eigenvalue weighted by atomic mass is 9.95. The molecule has 1 unspecified atom stereocenters. The molecule has 0 aliphatic carbocycles. The van der Waals surface area contributed by atoms with Crippen LogP contribution in [0.4, 0.5) is 13.2 Å². The molecule has 0 spiro atoms. The molecule has 30 heavy (non-hydrogen) atoms. The highest BCUT2D eigenvalue weighted by Crippen LogP contribution is 2.30. The maximum absolute atomic E-state index is 12.7. The zero-order chi connectivity index (χ0) is 21.6. The number of Topliss-reactive ketones (excluding diaryl/α,β-unsaturated/α-hetero) is 1. The largest absolute Gasteiger partial charge is 0.486 e. The van der Waals surface area contributed by atoms with E-state index in [0.29, 0.717) is 17.2 Å². The topological polar surface area (TPSA) is 59.3 Å². The summed E-state index contributed by atoms with van der Waals surface area (Å²) in [4.78, 5) is 12.3. The van der Waals surface area contributed by atoms with Crippen LogP contribution in [-0.2, 0) is 11.0 Å². The number of benzene rings is 3. The Morgan fingerprint density at radius 1 is 0.867 bits per heavy atom. The number of alkyl halides is 3. The van der Waals surface area contributed by atoms with Gasteiger partial charge in [0, 0.05) is 0 Å². The number of nitriles is 1. The van der Waals surface area contributed by atoms with Gasteiger partial charge in [0.2, 0.25) is 0 Å². The van der Waals surface area contributed by atoms with Crippen molar-refractivity contribution in [2.75, 3.05) is 6.61 Å². The minimum absolute atomic E-state index is 0.186. The quantitative estimate of drug-likeness (QED) is 0.497.